The highest BCUT2D eigenvalue weighted by Crippen LogP contribution is 2.38. The van der Waals surface area contributed by atoms with Crippen LogP contribution in [0.4, 0.5) is 0 Å². The van der Waals surface area contributed by atoms with Gasteiger partial charge in [0.25, 0.3) is 7.82 Å². The van der Waals surface area contributed by atoms with Gasteiger partial charge in [0.05, 0.1) is 40.0 Å². The number of hydrogen-bond donors (Lipinski definition) is 2. The molecule has 0 aliphatic heterocycles. The number of aliphatic hydroxyl groups excluding tert-OH is 2. The Morgan fingerprint density at radius 2 is 1.21 bits per heavy atom. The van der Waals surface area contributed by atoms with Gasteiger partial charge >= 0.3 is 11.9 Å². The highest BCUT2D eigenvalue weighted by Gasteiger charge is 2.21. The zero-order chi connectivity index (χ0) is 42.5. The fourth-order valence-electron chi connectivity index (χ4n) is 5.27. The van der Waals surface area contributed by atoms with Gasteiger partial charge in [0.2, 0.25) is 0 Å². The molecule has 0 aromatic heterocycles. The summed E-state index contributed by atoms with van der Waals surface area (Å²) in [6.07, 6.45) is 37.2. The molecule has 0 aromatic carbocycles. The van der Waals surface area contributed by atoms with Gasteiger partial charge in [0.15, 0.2) is 6.10 Å². The van der Waals surface area contributed by atoms with E-state index in [2.05, 4.69) is 6.92 Å². The SMILES string of the molecule is CC/C=C\C[C@@H](O)/C=C/C=C\C=C\[C@@H](O)C/C=C\C/C=C\CCC(=O)OC[C@H](COP(=O)([O-])OCC[N+](C)(C)C)OC(=O)CCCCCCCCCCCCCC. The number of allylic oxidation sites excluding steroid dienone is 8. The molecule has 11 nitrogen and oxygen atoms in total. The Morgan fingerprint density at radius 3 is 1.77 bits per heavy atom. The van der Waals surface area contributed by atoms with E-state index in [0.29, 0.717) is 43.1 Å². The van der Waals surface area contributed by atoms with Gasteiger partial charge in [-0.2, -0.15) is 0 Å². The zero-order valence-corrected chi connectivity index (χ0v) is 36.9. The van der Waals surface area contributed by atoms with Crippen LogP contribution < -0.4 is 4.89 Å². The Morgan fingerprint density at radius 1 is 0.667 bits per heavy atom. The first kappa shape index (κ1) is 54.4. The lowest BCUT2D eigenvalue weighted by atomic mass is 10.0. The van der Waals surface area contributed by atoms with Crippen LogP contribution in [0.3, 0.4) is 0 Å². The molecule has 328 valence electrons. The third-order valence-electron chi connectivity index (χ3n) is 8.67. The molecule has 0 aliphatic carbocycles. The third kappa shape index (κ3) is 40.0. The fraction of sp³-hybridized carbons (Fsp3) is 0.689. The number of hydrogen-bond acceptors (Lipinski definition) is 10. The maximum absolute atomic E-state index is 12.6. The van der Waals surface area contributed by atoms with Gasteiger partial charge in [-0.3, -0.25) is 14.2 Å². The van der Waals surface area contributed by atoms with E-state index >= 15 is 0 Å². The van der Waals surface area contributed by atoms with Crippen LogP contribution in [0.5, 0.6) is 0 Å². The van der Waals surface area contributed by atoms with E-state index in [4.69, 9.17) is 18.5 Å². The average Bonchev–Trinajstić information content (AvgIpc) is 3.15. The molecule has 0 saturated carbocycles. The van der Waals surface area contributed by atoms with Crippen LogP contribution in [0.2, 0.25) is 0 Å². The van der Waals surface area contributed by atoms with E-state index in [0.717, 1.165) is 25.7 Å². The van der Waals surface area contributed by atoms with Crippen molar-refractivity contribution in [2.75, 3.05) is 47.5 Å². The summed E-state index contributed by atoms with van der Waals surface area (Å²) in [7, 11) is 1.05. The topological polar surface area (TPSA) is 152 Å². The highest BCUT2D eigenvalue weighted by molar-refractivity contribution is 7.45. The summed E-state index contributed by atoms with van der Waals surface area (Å²) in [5, 5.41) is 20.0. The maximum atomic E-state index is 12.6. The number of aliphatic hydroxyl groups is 2. The lowest BCUT2D eigenvalue weighted by molar-refractivity contribution is -0.870. The molecule has 1 unspecified atom stereocenters. The first-order valence-electron chi connectivity index (χ1n) is 21.4. The lowest BCUT2D eigenvalue weighted by Crippen LogP contribution is -2.37. The monoisotopic (exact) mass is 824 g/mol. The van der Waals surface area contributed by atoms with Crippen molar-refractivity contribution in [1.29, 1.82) is 0 Å². The fourth-order valence-corrected chi connectivity index (χ4v) is 5.99. The smallest absolute Gasteiger partial charge is 0.306 e. The standard InChI is InChI=1S/C45H78NO10P/c1-6-8-10-11-12-13-14-15-16-17-22-30-36-45(50)56-43(40-55-57(51,52)54-38-37-46(3,4)5)39-53-44(49)35-29-21-19-18-20-26-32-42(48)34-28-24-23-27-33-41(47)31-25-9-7-2/h9,19-21,23-28,33-34,41-43,47-48H,6-8,10-18,22,29-32,35-40H2,1-5H3/b21-19-,24-23-,25-9-,26-20-,33-27+,34-28+/t41-,42+,43-/m1/s1. The van der Waals surface area contributed by atoms with Gasteiger partial charge in [0, 0.05) is 12.8 Å². The van der Waals surface area contributed by atoms with Gasteiger partial charge in [-0.05, 0) is 38.5 Å². The highest BCUT2D eigenvalue weighted by atomic mass is 31.2. The number of ether oxygens (including phenoxy) is 2. The first-order chi connectivity index (χ1) is 27.3. The Kier molecular flexibility index (Phi) is 34.8. The second-order valence-corrected chi connectivity index (χ2v) is 16.8. The van der Waals surface area contributed by atoms with Crippen molar-refractivity contribution in [3.05, 3.63) is 72.9 Å². The van der Waals surface area contributed by atoms with Gasteiger partial charge < -0.3 is 38.1 Å². The summed E-state index contributed by atoms with van der Waals surface area (Å²) in [6.45, 7) is 3.80. The zero-order valence-electron chi connectivity index (χ0n) is 36.0. The minimum atomic E-state index is -4.67. The van der Waals surface area contributed by atoms with E-state index in [9.17, 15) is 29.3 Å². The molecule has 4 atom stereocenters. The van der Waals surface area contributed by atoms with Crippen LogP contribution in [0.15, 0.2) is 72.9 Å². The summed E-state index contributed by atoms with van der Waals surface area (Å²) >= 11 is 0. The third-order valence-corrected chi connectivity index (χ3v) is 9.63. The van der Waals surface area contributed by atoms with Gasteiger partial charge in [-0.1, -0.05) is 157 Å². The summed E-state index contributed by atoms with van der Waals surface area (Å²) in [5.74, 6) is -1.01. The maximum Gasteiger partial charge on any atom is 0.306 e. The number of likely N-dealkylation sites (N-methyl/N-ethyl adjacent to an activating group) is 1. The van der Waals surface area contributed by atoms with E-state index in [1.165, 1.54) is 51.4 Å². The van der Waals surface area contributed by atoms with Crippen molar-refractivity contribution in [2.24, 2.45) is 0 Å². The Hall–Kier alpha value is -2.63. The summed E-state index contributed by atoms with van der Waals surface area (Å²) in [4.78, 5) is 37.4. The number of carbonyl (C=O) groups is 2. The lowest BCUT2D eigenvalue weighted by Gasteiger charge is -2.28. The molecule has 0 rings (SSSR count). The van der Waals surface area contributed by atoms with Gasteiger partial charge in [-0.15, -0.1) is 0 Å². The molecule has 0 radical (unpaired) electrons. The van der Waals surface area contributed by atoms with Crippen LogP contribution in [-0.2, 0) is 32.7 Å². The molecule has 2 N–H and O–H groups in total. The first-order valence-corrected chi connectivity index (χ1v) is 22.8. The predicted octanol–water partition coefficient (Wildman–Crippen LogP) is 9.16. The molecule has 0 bridgehead atoms. The van der Waals surface area contributed by atoms with Crippen molar-refractivity contribution in [2.45, 2.75) is 154 Å². The quantitative estimate of drug-likeness (QED) is 0.0155. The Bertz CT molecular complexity index is 1240. The van der Waals surface area contributed by atoms with Gasteiger partial charge in [-0.25, -0.2) is 0 Å². The molecule has 0 spiro atoms. The number of carbonyl (C=O) groups excluding carboxylic acids is 2. The van der Waals surface area contributed by atoms with E-state index in [1.807, 2.05) is 64.5 Å². The average molecular weight is 824 g/mol. The normalized spacial score (nSPS) is 15.4. The minimum Gasteiger partial charge on any atom is -0.756 e. The molecule has 0 aliphatic rings. The molecule has 0 saturated heterocycles. The number of phosphoric acid groups is 1. The van der Waals surface area contributed by atoms with Crippen LogP contribution in [0.1, 0.15) is 136 Å². The molecule has 0 fully saturated rings. The molecular formula is C45H78NO10P. The molecule has 57 heavy (non-hydrogen) atoms. The van der Waals surface area contributed by atoms with E-state index in [-0.39, 0.29) is 26.1 Å². The Balaban J connectivity index is 4.61. The number of quaternary nitrogens is 1. The molecule has 0 amide bonds. The van der Waals surface area contributed by atoms with Crippen molar-refractivity contribution >= 4 is 19.8 Å². The molecule has 12 heteroatoms. The molecule has 0 aromatic rings. The molecule has 0 heterocycles. The largest absolute Gasteiger partial charge is 0.756 e. The molecular weight excluding hydrogens is 745 g/mol. The van der Waals surface area contributed by atoms with Crippen LogP contribution in [0, 0.1) is 0 Å². The van der Waals surface area contributed by atoms with Crippen molar-refractivity contribution in [3.8, 4) is 0 Å². The van der Waals surface area contributed by atoms with Crippen LogP contribution in [-0.4, -0.2) is 92.5 Å². The van der Waals surface area contributed by atoms with E-state index in [1.54, 1.807) is 36.5 Å². The summed E-state index contributed by atoms with van der Waals surface area (Å²) in [5.41, 5.74) is 0. The summed E-state index contributed by atoms with van der Waals surface area (Å²) in [6, 6.07) is 0. The second-order valence-electron chi connectivity index (χ2n) is 15.4. The van der Waals surface area contributed by atoms with E-state index < -0.39 is 44.7 Å². The van der Waals surface area contributed by atoms with Crippen molar-refractivity contribution in [3.63, 3.8) is 0 Å². The number of rotatable bonds is 37. The second kappa shape index (κ2) is 36.4. The predicted molar refractivity (Wildman–Crippen MR) is 229 cm³/mol. The van der Waals surface area contributed by atoms with Crippen molar-refractivity contribution in [1.82, 2.24) is 0 Å². The van der Waals surface area contributed by atoms with Crippen molar-refractivity contribution < 1.29 is 52.3 Å². The summed E-state index contributed by atoms with van der Waals surface area (Å²) < 4.78 is 33.7. The number of phosphoric ester groups is 1. The number of unbranched alkanes of at least 4 members (excludes halogenated alkanes) is 11. The number of esters is 2. The number of nitrogens with zero attached hydrogens (tertiary/aromatic N) is 1. The van der Waals surface area contributed by atoms with Crippen LogP contribution in [0.25, 0.3) is 0 Å². The van der Waals surface area contributed by atoms with Gasteiger partial charge in [0.1, 0.15) is 19.8 Å². The van der Waals surface area contributed by atoms with Crippen LogP contribution >= 0.6 is 7.82 Å². The minimum absolute atomic E-state index is 0.0626. The Labute approximate surface area is 345 Å².